The molecule has 1 heterocycles. The number of rotatable bonds is 18. The molecule has 1 aliphatic heterocycles. The number of benzene rings is 1. The van der Waals surface area contributed by atoms with Crippen LogP contribution >= 0.6 is 0 Å². The van der Waals surface area contributed by atoms with Crippen LogP contribution < -0.4 is 0 Å². The van der Waals surface area contributed by atoms with E-state index in [2.05, 4.69) is 6.92 Å². The van der Waals surface area contributed by atoms with E-state index in [4.69, 9.17) is 14.2 Å². The van der Waals surface area contributed by atoms with Gasteiger partial charge in [-0.05, 0) is 59.4 Å². The number of hydrogen-bond donors (Lipinski definition) is 1. The molecule has 1 amide bonds. The fraction of sp³-hybridized carbons (Fsp3) is 0.788. The predicted molar refractivity (Wildman–Crippen MR) is 159 cm³/mol. The first-order chi connectivity index (χ1) is 18.5. The molecule has 0 aromatic heterocycles. The van der Waals surface area contributed by atoms with Crippen LogP contribution in [0, 0.1) is 0 Å². The Balaban J connectivity index is 1.89. The van der Waals surface area contributed by atoms with Crippen molar-refractivity contribution < 1.29 is 24.1 Å². The van der Waals surface area contributed by atoms with E-state index in [-0.39, 0.29) is 18.2 Å². The summed E-state index contributed by atoms with van der Waals surface area (Å²) in [5, 5.41) is 10.8. The second kappa shape index (κ2) is 17.2. The molecule has 6 nitrogen and oxygen atoms in total. The van der Waals surface area contributed by atoms with Crippen LogP contribution in [0.4, 0.5) is 4.79 Å². The highest BCUT2D eigenvalue weighted by molar-refractivity contribution is 5.70. The molecule has 0 saturated carbocycles. The summed E-state index contributed by atoms with van der Waals surface area (Å²) in [6, 6.07) is 9.78. The van der Waals surface area contributed by atoms with E-state index in [1.54, 1.807) is 4.90 Å². The van der Waals surface area contributed by atoms with Crippen LogP contribution in [0.2, 0.25) is 0 Å². The summed E-state index contributed by atoms with van der Waals surface area (Å²) in [4.78, 5) is 14.9. The van der Waals surface area contributed by atoms with Crippen molar-refractivity contribution in [2.24, 2.45) is 0 Å². The van der Waals surface area contributed by atoms with Gasteiger partial charge in [-0.2, -0.15) is 0 Å². The molecule has 2 rings (SSSR count). The van der Waals surface area contributed by atoms with Gasteiger partial charge < -0.3 is 19.3 Å². The van der Waals surface area contributed by atoms with E-state index in [0.717, 1.165) is 18.4 Å². The number of unbranched alkanes of at least 4 members (excludes halogenated alkanes) is 9. The van der Waals surface area contributed by atoms with E-state index in [1.165, 1.54) is 57.8 Å². The van der Waals surface area contributed by atoms with Crippen LogP contribution in [0.25, 0.3) is 0 Å². The number of carbonyl (C=O) groups is 1. The van der Waals surface area contributed by atoms with Crippen LogP contribution in [-0.2, 0) is 20.8 Å². The summed E-state index contributed by atoms with van der Waals surface area (Å²) in [5.41, 5.74) is -0.322. The monoisotopic (exact) mass is 547 g/mol. The number of ether oxygens (including phenoxy) is 3. The maximum Gasteiger partial charge on any atom is 0.412 e. The Morgan fingerprint density at radius 2 is 1.56 bits per heavy atom. The molecule has 1 saturated heterocycles. The van der Waals surface area contributed by atoms with E-state index < -0.39 is 17.4 Å². The van der Waals surface area contributed by atoms with Crippen molar-refractivity contribution in [1.29, 1.82) is 0 Å². The van der Waals surface area contributed by atoms with Crippen LogP contribution in [0.15, 0.2) is 30.3 Å². The molecular formula is C33H57NO5. The topological polar surface area (TPSA) is 68.2 Å². The lowest BCUT2D eigenvalue weighted by molar-refractivity contribution is -0.0757. The quantitative estimate of drug-likeness (QED) is 0.187. The first kappa shape index (κ1) is 33.6. The van der Waals surface area contributed by atoms with E-state index in [9.17, 15) is 9.90 Å². The van der Waals surface area contributed by atoms with Gasteiger partial charge in [-0.3, -0.25) is 4.90 Å². The molecular weight excluding hydrogens is 490 g/mol. The van der Waals surface area contributed by atoms with Gasteiger partial charge in [0, 0.05) is 0 Å². The number of nitrogens with zero attached hydrogens (tertiary/aromatic N) is 1. The van der Waals surface area contributed by atoms with Gasteiger partial charge in [0.05, 0.1) is 31.5 Å². The first-order valence-corrected chi connectivity index (χ1v) is 15.5. The summed E-state index contributed by atoms with van der Waals surface area (Å²) < 4.78 is 18.2. The standard InChI is InChI=1S/C33H57NO5/c1-7-8-9-10-11-12-13-14-15-19-22-28(35)23-24-30(37-25-27-20-17-16-18-21-27)29-26-38-33(5,6)34(29)31(36)39-32(2,3)4/h16-18,20-21,28-30,35H,7-15,19,22-26H2,1-6H3/t28?,29-,30+/m0/s1. The van der Waals surface area contributed by atoms with Gasteiger partial charge in [-0.1, -0.05) is 101 Å². The van der Waals surface area contributed by atoms with Crippen molar-refractivity contribution in [1.82, 2.24) is 4.90 Å². The predicted octanol–water partition coefficient (Wildman–Crippen LogP) is 8.40. The SMILES string of the molecule is CCCCCCCCCCCCC(O)CC[C@@H](OCc1ccccc1)[C@@H]1COC(C)(C)N1C(=O)OC(C)(C)C. The Labute approximate surface area is 238 Å². The second-order valence-electron chi connectivity index (χ2n) is 12.7. The molecule has 1 fully saturated rings. The van der Waals surface area contributed by atoms with Gasteiger partial charge in [0.15, 0.2) is 0 Å². The third-order valence-corrected chi connectivity index (χ3v) is 7.52. The molecule has 6 heteroatoms. The lowest BCUT2D eigenvalue weighted by atomic mass is 9.99. The molecule has 1 aromatic carbocycles. The molecule has 0 aliphatic carbocycles. The molecule has 1 aliphatic rings. The van der Waals surface area contributed by atoms with E-state index in [1.807, 2.05) is 65.0 Å². The highest BCUT2D eigenvalue weighted by atomic mass is 16.6. The Morgan fingerprint density at radius 1 is 0.974 bits per heavy atom. The lowest BCUT2D eigenvalue weighted by Crippen LogP contribution is -2.53. The first-order valence-electron chi connectivity index (χ1n) is 15.5. The average molecular weight is 548 g/mol. The Hall–Kier alpha value is -1.63. The zero-order valence-corrected chi connectivity index (χ0v) is 25.8. The zero-order chi connectivity index (χ0) is 28.7. The average Bonchev–Trinajstić information content (AvgIpc) is 3.19. The fourth-order valence-electron chi connectivity index (χ4n) is 5.31. The minimum Gasteiger partial charge on any atom is -0.444 e. The van der Waals surface area contributed by atoms with Crippen molar-refractivity contribution in [3.05, 3.63) is 35.9 Å². The normalized spacial score (nSPS) is 18.7. The van der Waals surface area contributed by atoms with Crippen molar-refractivity contribution in [3.63, 3.8) is 0 Å². The second-order valence-corrected chi connectivity index (χ2v) is 12.7. The number of amides is 1. The molecule has 0 radical (unpaired) electrons. The summed E-state index contributed by atoms with van der Waals surface area (Å²) in [5.74, 6) is 0. The minimum atomic E-state index is -0.796. The summed E-state index contributed by atoms with van der Waals surface area (Å²) >= 11 is 0. The van der Waals surface area contributed by atoms with Gasteiger partial charge in [0.2, 0.25) is 0 Å². The maximum absolute atomic E-state index is 13.2. The molecule has 1 N–H and O–H groups in total. The fourth-order valence-corrected chi connectivity index (χ4v) is 5.31. The lowest BCUT2D eigenvalue weighted by Gasteiger charge is -2.37. The molecule has 1 aromatic rings. The number of carbonyl (C=O) groups excluding carboxylic acids is 1. The summed E-state index contributed by atoms with van der Waals surface area (Å²) in [6.45, 7) is 12.5. The van der Waals surface area contributed by atoms with Crippen molar-refractivity contribution in [2.45, 2.75) is 161 Å². The third-order valence-electron chi connectivity index (χ3n) is 7.52. The Kier molecular flexibility index (Phi) is 14.8. The summed E-state index contributed by atoms with van der Waals surface area (Å²) in [6.07, 6.45) is 13.9. The minimum absolute atomic E-state index is 0.276. The highest BCUT2D eigenvalue weighted by Gasteiger charge is 2.49. The van der Waals surface area contributed by atoms with Crippen LogP contribution in [0.1, 0.15) is 131 Å². The molecule has 39 heavy (non-hydrogen) atoms. The molecule has 3 atom stereocenters. The molecule has 224 valence electrons. The summed E-state index contributed by atoms with van der Waals surface area (Å²) in [7, 11) is 0. The van der Waals surface area contributed by atoms with Crippen LogP contribution in [0.3, 0.4) is 0 Å². The van der Waals surface area contributed by atoms with E-state index in [0.29, 0.717) is 26.1 Å². The van der Waals surface area contributed by atoms with Crippen molar-refractivity contribution in [2.75, 3.05) is 6.61 Å². The zero-order valence-electron chi connectivity index (χ0n) is 25.8. The van der Waals surface area contributed by atoms with Gasteiger partial charge in [0.25, 0.3) is 0 Å². The third kappa shape index (κ3) is 13.1. The Bertz CT molecular complexity index is 791. The Morgan fingerprint density at radius 3 is 2.15 bits per heavy atom. The molecule has 0 bridgehead atoms. The largest absolute Gasteiger partial charge is 0.444 e. The van der Waals surface area contributed by atoms with Crippen LogP contribution in [-0.4, -0.2) is 52.3 Å². The van der Waals surface area contributed by atoms with Gasteiger partial charge in [0.1, 0.15) is 11.3 Å². The van der Waals surface area contributed by atoms with Gasteiger partial charge in [-0.15, -0.1) is 0 Å². The van der Waals surface area contributed by atoms with Gasteiger partial charge in [-0.25, -0.2) is 4.79 Å². The van der Waals surface area contributed by atoms with E-state index >= 15 is 0 Å². The number of hydrogen-bond acceptors (Lipinski definition) is 5. The molecule has 0 spiro atoms. The number of aliphatic hydroxyl groups excluding tert-OH is 1. The van der Waals surface area contributed by atoms with Crippen molar-refractivity contribution in [3.8, 4) is 0 Å². The maximum atomic E-state index is 13.2. The molecule has 1 unspecified atom stereocenters. The highest BCUT2D eigenvalue weighted by Crippen LogP contribution is 2.33. The van der Waals surface area contributed by atoms with Crippen LogP contribution in [0.5, 0.6) is 0 Å². The smallest absolute Gasteiger partial charge is 0.412 e. The van der Waals surface area contributed by atoms with Crippen molar-refractivity contribution >= 4 is 6.09 Å². The van der Waals surface area contributed by atoms with Gasteiger partial charge >= 0.3 is 6.09 Å². The number of aliphatic hydroxyl groups is 1.